The van der Waals surface area contributed by atoms with Crippen LogP contribution in [-0.4, -0.2) is 20.8 Å². The standard InChI is InChI=1S/C17H24N4/c1-3-13-7-9-15(10-8-13)19-16-6-4-5-14(11-16)17-20-18-12-21(17)2/h4-6,11-13,15,19H,3,7-10H2,1-2H3. The van der Waals surface area contributed by atoms with Gasteiger partial charge in [-0.15, -0.1) is 10.2 Å². The van der Waals surface area contributed by atoms with E-state index in [0.29, 0.717) is 6.04 Å². The van der Waals surface area contributed by atoms with E-state index in [4.69, 9.17) is 0 Å². The van der Waals surface area contributed by atoms with Crippen LogP contribution in [0.1, 0.15) is 39.0 Å². The number of aromatic nitrogens is 3. The topological polar surface area (TPSA) is 42.7 Å². The van der Waals surface area contributed by atoms with E-state index in [-0.39, 0.29) is 0 Å². The largest absolute Gasteiger partial charge is 0.382 e. The molecule has 4 nitrogen and oxygen atoms in total. The van der Waals surface area contributed by atoms with Crippen LogP contribution < -0.4 is 5.32 Å². The normalized spacial score (nSPS) is 22.2. The Kier molecular flexibility index (Phi) is 4.23. The van der Waals surface area contributed by atoms with E-state index >= 15 is 0 Å². The molecule has 1 aromatic heterocycles. The fourth-order valence-electron chi connectivity index (χ4n) is 3.24. The molecule has 1 aliphatic rings. The summed E-state index contributed by atoms with van der Waals surface area (Å²) in [5.74, 6) is 1.85. The Morgan fingerprint density at radius 3 is 2.71 bits per heavy atom. The lowest BCUT2D eigenvalue weighted by Gasteiger charge is -2.29. The first-order chi connectivity index (χ1) is 10.3. The van der Waals surface area contributed by atoms with Crippen molar-refractivity contribution in [3.63, 3.8) is 0 Å². The molecular weight excluding hydrogens is 260 g/mol. The molecule has 0 atom stereocenters. The molecule has 0 saturated heterocycles. The molecule has 1 saturated carbocycles. The second-order valence-electron chi connectivity index (χ2n) is 6.12. The third kappa shape index (κ3) is 3.26. The summed E-state index contributed by atoms with van der Waals surface area (Å²) >= 11 is 0. The summed E-state index contributed by atoms with van der Waals surface area (Å²) in [6.07, 6.45) is 8.35. The van der Waals surface area contributed by atoms with Gasteiger partial charge in [0.1, 0.15) is 6.33 Å². The monoisotopic (exact) mass is 284 g/mol. The van der Waals surface area contributed by atoms with Crippen LogP contribution in [0.5, 0.6) is 0 Å². The number of nitrogens with zero attached hydrogens (tertiary/aromatic N) is 3. The lowest BCUT2D eigenvalue weighted by Crippen LogP contribution is -2.25. The predicted molar refractivity (Wildman–Crippen MR) is 86.1 cm³/mol. The molecule has 0 spiro atoms. The fraction of sp³-hybridized carbons (Fsp3) is 0.529. The molecule has 1 fully saturated rings. The third-order valence-electron chi connectivity index (χ3n) is 4.63. The first-order valence-corrected chi connectivity index (χ1v) is 7.97. The summed E-state index contributed by atoms with van der Waals surface area (Å²) in [5, 5.41) is 11.8. The molecule has 112 valence electrons. The van der Waals surface area contributed by atoms with Crippen molar-refractivity contribution in [3.05, 3.63) is 30.6 Å². The molecule has 4 heteroatoms. The number of hydrogen-bond donors (Lipinski definition) is 1. The molecule has 1 aromatic carbocycles. The van der Waals surface area contributed by atoms with E-state index in [2.05, 4.69) is 46.7 Å². The zero-order chi connectivity index (χ0) is 14.7. The summed E-state index contributed by atoms with van der Waals surface area (Å²) < 4.78 is 1.95. The number of rotatable bonds is 4. The lowest BCUT2D eigenvalue weighted by molar-refractivity contribution is 0.330. The molecule has 1 heterocycles. The molecule has 3 rings (SSSR count). The first kappa shape index (κ1) is 14.1. The van der Waals surface area contributed by atoms with E-state index in [9.17, 15) is 0 Å². The minimum atomic E-state index is 0.613. The van der Waals surface area contributed by atoms with Crippen molar-refractivity contribution in [2.45, 2.75) is 45.1 Å². The molecule has 0 unspecified atom stereocenters. The first-order valence-electron chi connectivity index (χ1n) is 7.97. The van der Waals surface area contributed by atoms with E-state index in [1.165, 1.54) is 37.8 Å². The van der Waals surface area contributed by atoms with Gasteiger partial charge in [-0.05, 0) is 43.7 Å². The number of hydrogen-bond acceptors (Lipinski definition) is 3. The van der Waals surface area contributed by atoms with Gasteiger partial charge in [-0.1, -0.05) is 25.5 Å². The molecular formula is C17H24N4. The van der Waals surface area contributed by atoms with E-state index < -0.39 is 0 Å². The van der Waals surface area contributed by atoms with Crippen LogP contribution in [0.3, 0.4) is 0 Å². The van der Waals surface area contributed by atoms with Gasteiger partial charge in [0, 0.05) is 24.3 Å². The van der Waals surface area contributed by atoms with Crippen molar-refractivity contribution in [1.82, 2.24) is 14.8 Å². The average molecular weight is 284 g/mol. The molecule has 0 radical (unpaired) electrons. The second-order valence-corrected chi connectivity index (χ2v) is 6.12. The Bertz CT molecular complexity index is 582. The van der Waals surface area contributed by atoms with Gasteiger partial charge in [-0.3, -0.25) is 0 Å². The minimum absolute atomic E-state index is 0.613. The Hall–Kier alpha value is -1.84. The molecule has 0 amide bonds. The number of benzene rings is 1. The molecule has 0 bridgehead atoms. The van der Waals surface area contributed by atoms with Gasteiger partial charge in [0.25, 0.3) is 0 Å². The highest BCUT2D eigenvalue weighted by Gasteiger charge is 2.19. The minimum Gasteiger partial charge on any atom is -0.382 e. The number of nitrogens with one attached hydrogen (secondary N) is 1. The Balaban J connectivity index is 1.68. The maximum absolute atomic E-state index is 4.18. The average Bonchev–Trinajstić information content (AvgIpc) is 2.94. The number of aryl methyl sites for hydroxylation is 1. The Labute approximate surface area is 126 Å². The zero-order valence-corrected chi connectivity index (χ0v) is 12.9. The summed E-state index contributed by atoms with van der Waals surface area (Å²) in [6.45, 7) is 2.31. The van der Waals surface area contributed by atoms with Gasteiger partial charge in [0.2, 0.25) is 0 Å². The van der Waals surface area contributed by atoms with Gasteiger partial charge in [-0.2, -0.15) is 0 Å². The summed E-state index contributed by atoms with van der Waals surface area (Å²) in [6, 6.07) is 9.11. The molecule has 0 aliphatic heterocycles. The van der Waals surface area contributed by atoms with Crippen LogP contribution >= 0.6 is 0 Å². The lowest BCUT2D eigenvalue weighted by atomic mass is 9.84. The van der Waals surface area contributed by atoms with Crippen LogP contribution in [0.25, 0.3) is 11.4 Å². The summed E-state index contributed by atoms with van der Waals surface area (Å²) in [5.41, 5.74) is 2.30. The third-order valence-corrected chi connectivity index (χ3v) is 4.63. The molecule has 2 aromatic rings. The zero-order valence-electron chi connectivity index (χ0n) is 12.9. The fourth-order valence-corrected chi connectivity index (χ4v) is 3.24. The van der Waals surface area contributed by atoms with Crippen molar-refractivity contribution in [2.24, 2.45) is 13.0 Å². The van der Waals surface area contributed by atoms with Gasteiger partial charge in [0.05, 0.1) is 0 Å². The van der Waals surface area contributed by atoms with E-state index in [1.54, 1.807) is 6.33 Å². The van der Waals surface area contributed by atoms with Gasteiger partial charge in [-0.25, -0.2) is 0 Å². The van der Waals surface area contributed by atoms with Gasteiger partial charge < -0.3 is 9.88 Å². The van der Waals surface area contributed by atoms with E-state index in [0.717, 1.165) is 17.3 Å². The van der Waals surface area contributed by atoms with Crippen molar-refractivity contribution in [3.8, 4) is 11.4 Å². The second kappa shape index (κ2) is 6.29. The Morgan fingerprint density at radius 1 is 1.24 bits per heavy atom. The molecule has 1 aliphatic carbocycles. The smallest absolute Gasteiger partial charge is 0.163 e. The van der Waals surface area contributed by atoms with Crippen molar-refractivity contribution in [1.29, 1.82) is 0 Å². The SMILES string of the molecule is CCC1CCC(Nc2cccc(-c3nncn3C)c2)CC1. The highest BCUT2D eigenvalue weighted by Crippen LogP contribution is 2.29. The quantitative estimate of drug-likeness (QED) is 0.927. The van der Waals surface area contributed by atoms with Gasteiger partial charge in [0.15, 0.2) is 5.82 Å². The maximum atomic E-state index is 4.18. The van der Waals surface area contributed by atoms with Crippen LogP contribution in [-0.2, 0) is 7.05 Å². The van der Waals surface area contributed by atoms with Crippen LogP contribution in [0.4, 0.5) is 5.69 Å². The van der Waals surface area contributed by atoms with Crippen LogP contribution in [0.2, 0.25) is 0 Å². The highest BCUT2D eigenvalue weighted by atomic mass is 15.2. The highest BCUT2D eigenvalue weighted by molar-refractivity contribution is 5.62. The van der Waals surface area contributed by atoms with Crippen LogP contribution in [0, 0.1) is 5.92 Å². The summed E-state index contributed by atoms with van der Waals surface area (Å²) in [4.78, 5) is 0. The molecule has 1 N–H and O–H groups in total. The van der Waals surface area contributed by atoms with Gasteiger partial charge >= 0.3 is 0 Å². The number of anilines is 1. The van der Waals surface area contributed by atoms with E-state index in [1.807, 2.05) is 11.6 Å². The predicted octanol–water partition coefficient (Wildman–Crippen LogP) is 3.86. The van der Waals surface area contributed by atoms with Crippen molar-refractivity contribution in [2.75, 3.05) is 5.32 Å². The Morgan fingerprint density at radius 2 is 2.05 bits per heavy atom. The van der Waals surface area contributed by atoms with Crippen molar-refractivity contribution >= 4 is 5.69 Å². The maximum Gasteiger partial charge on any atom is 0.163 e. The molecule has 21 heavy (non-hydrogen) atoms. The summed E-state index contributed by atoms with van der Waals surface area (Å²) in [7, 11) is 1.97. The van der Waals surface area contributed by atoms with Crippen molar-refractivity contribution < 1.29 is 0 Å². The van der Waals surface area contributed by atoms with Crippen LogP contribution in [0.15, 0.2) is 30.6 Å².